The van der Waals surface area contributed by atoms with Crippen molar-refractivity contribution in [2.75, 3.05) is 6.54 Å². The largest absolute Gasteiger partial charge is 0.348 e. The normalized spacial score (nSPS) is 20.3. The highest BCUT2D eigenvalue weighted by atomic mass is 35.5. The third kappa shape index (κ3) is 3.80. The lowest BCUT2D eigenvalue weighted by Crippen LogP contribution is -2.43. The van der Waals surface area contributed by atoms with E-state index in [4.69, 9.17) is 11.6 Å². The summed E-state index contributed by atoms with van der Waals surface area (Å²) in [6.07, 6.45) is 0. The van der Waals surface area contributed by atoms with Crippen molar-refractivity contribution in [2.45, 2.75) is 25.4 Å². The van der Waals surface area contributed by atoms with Crippen LogP contribution in [0.15, 0.2) is 54.6 Å². The number of hydrogen-bond donors (Lipinski definition) is 2. The molecule has 0 spiro atoms. The molecule has 1 aliphatic heterocycles. The minimum atomic E-state index is -1.18. The molecule has 6 nitrogen and oxygen atoms in total. The van der Waals surface area contributed by atoms with Crippen LogP contribution in [0.25, 0.3) is 0 Å². The van der Waals surface area contributed by atoms with Gasteiger partial charge in [0.2, 0.25) is 5.91 Å². The number of benzene rings is 2. The van der Waals surface area contributed by atoms with Crippen LogP contribution in [-0.2, 0) is 15.1 Å². The average molecular weight is 386 g/mol. The third-order valence-electron chi connectivity index (χ3n) is 4.68. The van der Waals surface area contributed by atoms with Gasteiger partial charge in [0.15, 0.2) is 0 Å². The summed E-state index contributed by atoms with van der Waals surface area (Å²) in [7, 11) is 0. The van der Waals surface area contributed by atoms with Crippen LogP contribution in [-0.4, -0.2) is 29.3 Å². The van der Waals surface area contributed by atoms with E-state index in [-0.39, 0.29) is 12.6 Å². The summed E-state index contributed by atoms with van der Waals surface area (Å²) in [4.78, 5) is 38.4. The molecule has 1 aliphatic rings. The Morgan fingerprint density at radius 1 is 1.15 bits per heavy atom. The first-order chi connectivity index (χ1) is 12.8. The van der Waals surface area contributed by atoms with Crippen LogP contribution >= 0.6 is 11.6 Å². The molecular weight excluding hydrogens is 366 g/mol. The Labute approximate surface area is 162 Å². The predicted octanol–water partition coefficient (Wildman–Crippen LogP) is 2.98. The van der Waals surface area contributed by atoms with Crippen molar-refractivity contribution >= 4 is 29.4 Å². The lowest BCUT2D eigenvalue weighted by Gasteiger charge is -2.22. The number of carbonyl (C=O) groups excluding carboxylic acids is 3. The first-order valence-electron chi connectivity index (χ1n) is 8.56. The number of hydrogen-bond acceptors (Lipinski definition) is 3. The highest BCUT2D eigenvalue weighted by Gasteiger charge is 2.49. The second-order valence-corrected chi connectivity index (χ2v) is 7.09. The van der Waals surface area contributed by atoms with E-state index < -0.39 is 23.4 Å². The van der Waals surface area contributed by atoms with Crippen molar-refractivity contribution in [1.82, 2.24) is 15.5 Å². The van der Waals surface area contributed by atoms with E-state index in [1.54, 1.807) is 43.3 Å². The Kier molecular flexibility index (Phi) is 5.19. The number of halogens is 1. The smallest absolute Gasteiger partial charge is 0.325 e. The Hall–Kier alpha value is -2.86. The molecule has 3 rings (SSSR count). The van der Waals surface area contributed by atoms with Gasteiger partial charge in [-0.05, 0) is 37.1 Å². The summed E-state index contributed by atoms with van der Waals surface area (Å²) in [5, 5.41) is 6.09. The number of urea groups is 1. The van der Waals surface area contributed by atoms with Gasteiger partial charge in [-0.15, -0.1) is 0 Å². The van der Waals surface area contributed by atoms with Gasteiger partial charge in [0.1, 0.15) is 12.1 Å². The van der Waals surface area contributed by atoms with E-state index in [1.807, 2.05) is 25.1 Å². The number of imide groups is 1. The Morgan fingerprint density at radius 2 is 1.78 bits per heavy atom. The zero-order valence-corrected chi connectivity index (χ0v) is 15.8. The van der Waals surface area contributed by atoms with Gasteiger partial charge in [0.05, 0.1) is 6.04 Å². The van der Waals surface area contributed by atoms with Crippen LogP contribution < -0.4 is 10.6 Å². The van der Waals surface area contributed by atoms with E-state index in [0.29, 0.717) is 10.6 Å². The summed E-state index contributed by atoms with van der Waals surface area (Å²) >= 11 is 5.87. The van der Waals surface area contributed by atoms with Gasteiger partial charge < -0.3 is 10.6 Å². The number of carbonyl (C=O) groups is 3. The fourth-order valence-electron chi connectivity index (χ4n) is 3.07. The molecule has 27 heavy (non-hydrogen) atoms. The number of amides is 4. The number of nitrogens with one attached hydrogen (secondary N) is 2. The van der Waals surface area contributed by atoms with Gasteiger partial charge in [0.25, 0.3) is 5.91 Å². The molecule has 1 fully saturated rings. The van der Waals surface area contributed by atoms with Crippen molar-refractivity contribution in [2.24, 2.45) is 0 Å². The van der Waals surface area contributed by atoms with Crippen LogP contribution in [0.3, 0.4) is 0 Å². The first kappa shape index (κ1) is 18.9. The molecule has 1 saturated heterocycles. The second-order valence-electron chi connectivity index (χ2n) is 6.65. The highest BCUT2D eigenvalue weighted by molar-refractivity contribution is 6.30. The molecule has 0 bridgehead atoms. The second kappa shape index (κ2) is 7.40. The van der Waals surface area contributed by atoms with Gasteiger partial charge in [0, 0.05) is 5.02 Å². The average Bonchev–Trinajstić information content (AvgIpc) is 2.87. The van der Waals surface area contributed by atoms with Crippen molar-refractivity contribution in [1.29, 1.82) is 0 Å². The summed E-state index contributed by atoms with van der Waals surface area (Å²) < 4.78 is 0. The lowest BCUT2D eigenvalue weighted by atomic mass is 9.92. The van der Waals surface area contributed by atoms with Crippen molar-refractivity contribution in [3.8, 4) is 0 Å². The fourth-order valence-corrected chi connectivity index (χ4v) is 3.20. The van der Waals surface area contributed by atoms with E-state index in [9.17, 15) is 14.4 Å². The van der Waals surface area contributed by atoms with Gasteiger partial charge in [-0.2, -0.15) is 0 Å². The number of rotatable bonds is 5. The topological polar surface area (TPSA) is 78.5 Å². The minimum Gasteiger partial charge on any atom is -0.348 e. The molecule has 2 aromatic rings. The van der Waals surface area contributed by atoms with E-state index in [2.05, 4.69) is 10.6 Å². The molecule has 0 aromatic heterocycles. The maximum Gasteiger partial charge on any atom is 0.325 e. The van der Waals surface area contributed by atoms with Crippen LogP contribution in [0.2, 0.25) is 5.02 Å². The standard InChI is InChI=1S/C20H20ClN3O3/c1-13(14-8-10-16(21)11-9-14)22-17(25)12-24-18(26)20(2,23-19(24)27)15-6-4-3-5-7-15/h3-11,13H,12H2,1-2H3,(H,22,25)(H,23,27). The molecule has 2 N–H and O–H groups in total. The Bertz CT molecular complexity index is 870. The monoisotopic (exact) mass is 385 g/mol. The summed E-state index contributed by atoms with van der Waals surface area (Å²) in [6.45, 7) is 3.11. The van der Waals surface area contributed by atoms with Crippen LogP contribution in [0.4, 0.5) is 4.79 Å². The van der Waals surface area contributed by atoms with Gasteiger partial charge in [-0.25, -0.2) is 4.79 Å². The fraction of sp³-hybridized carbons (Fsp3) is 0.250. The SMILES string of the molecule is CC(NC(=O)CN1C(=O)NC(C)(c2ccccc2)C1=O)c1ccc(Cl)cc1. The van der Waals surface area contributed by atoms with Gasteiger partial charge >= 0.3 is 6.03 Å². The minimum absolute atomic E-state index is 0.281. The molecule has 7 heteroatoms. The zero-order chi connectivity index (χ0) is 19.6. The van der Waals surface area contributed by atoms with E-state index >= 15 is 0 Å². The molecule has 2 unspecified atom stereocenters. The molecule has 2 aromatic carbocycles. The summed E-state index contributed by atoms with van der Waals surface area (Å²) in [6, 6.07) is 15.2. The van der Waals surface area contributed by atoms with Gasteiger partial charge in [-0.3, -0.25) is 14.5 Å². The third-order valence-corrected chi connectivity index (χ3v) is 4.93. The van der Waals surface area contributed by atoms with Crippen LogP contribution in [0.1, 0.15) is 31.0 Å². The summed E-state index contributed by atoms with van der Waals surface area (Å²) in [5.74, 6) is -0.869. The van der Waals surface area contributed by atoms with Crippen molar-refractivity contribution in [3.05, 3.63) is 70.7 Å². The summed E-state index contributed by atoms with van der Waals surface area (Å²) in [5.41, 5.74) is 0.361. The molecule has 0 saturated carbocycles. The number of nitrogens with zero attached hydrogens (tertiary/aromatic N) is 1. The zero-order valence-electron chi connectivity index (χ0n) is 15.0. The lowest BCUT2D eigenvalue weighted by molar-refractivity contribution is -0.135. The van der Waals surface area contributed by atoms with Crippen LogP contribution in [0.5, 0.6) is 0 Å². The quantitative estimate of drug-likeness (QED) is 0.776. The predicted molar refractivity (Wildman–Crippen MR) is 102 cm³/mol. The maximum atomic E-state index is 12.8. The van der Waals surface area contributed by atoms with E-state index in [1.165, 1.54) is 0 Å². The van der Waals surface area contributed by atoms with Crippen molar-refractivity contribution < 1.29 is 14.4 Å². The van der Waals surface area contributed by atoms with Crippen molar-refractivity contribution in [3.63, 3.8) is 0 Å². The van der Waals surface area contributed by atoms with Crippen LogP contribution in [0, 0.1) is 0 Å². The van der Waals surface area contributed by atoms with E-state index in [0.717, 1.165) is 10.5 Å². The Morgan fingerprint density at radius 3 is 2.41 bits per heavy atom. The molecule has 140 valence electrons. The maximum absolute atomic E-state index is 12.8. The molecular formula is C20H20ClN3O3. The van der Waals surface area contributed by atoms with Gasteiger partial charge in [-0.1, -0.05) is 54.1 Å². The molecule has 0 radical (unpaired) electrons. The molecule has 4 amide bonds. The Balaban J connectivity index is 1.68. The highest BCUT2D eigenvalue weighted by Crippen LogP contribution is 2.28. The first-order valence-corrected chi connectivity index (χ1v) is 8.93. The molecule has 2 atom stereocenters. The molecule has 0 aliphatic carbocycles. The molecule has 1 heterocycles.